The molecule has 68 valence electrons. The van der Waals surface area contributed by atoms with Gasteiger partial charge in [0, 0.05) is 6.21 Å². The van der Waals surface area contributed by atoms with Crippen LogP contribution in [0.1, 0.15) is 11.1 Å². The van der Waals surface area contributed by atoms with E-state index in [1.807, 2.05) is 25.1 Å². The maximum Gasteiger partial charge on any atom is 0.0948 e. The minimum atomic E-state index is 0.354. The van der Waals surface area contributed by atoms with E-state index in [-0.39, 0.29) is 0 Å². The second kappa shape index (κ2) is 4.50. The van der Waals surface area contributed by atoms with Crippen LogP contribution in [0.5, 0.6) is 0 Å². The van der Waals surface area contributed by atoms with E-state index in [0.29, 0.717) is 6.54 Å². The Morgan fingerprint density at radius 3 is 2.69 bits per heavy atom. The van der Waals surface area contributed by atoms with Crippen LogP contribution in [0.25, 0.3) is 0 Å². The highest BCUT2D eigenvalue weighted by Crippen LogP contribution is 2.16. The van der Waals surface area contributed by atoms with E-state index in [1.54, 1.807) is 0 Å². The summed E-state index contributed by atoms with van der Waals surface area (Å²) in [6, 6.07) is 5.94. The standard InChI is InChI=1S/C10H13N3/c1-8-3-4-10(7-9(8)2)13-12-6-5-11/h3-5,7,11H,6H2,1-2H3. The summed E-state index contributed by atoms with van der Waals surface area (Å²) >= 11 is 0. The molecule has 13 heavy (non-hydrogen) atoms. The summed E-state index contributed by atoms with van der Waals surface area (Å²) in [7, 11) is 0. The summed E-state index contributed by atoms with van der Waals surface area (Å²) in [5.74, 6) is 0. The van der Waals surface area contributed by atoms with Crippen LogP contribution in [0.3, 0.4) is 0 Å². The van der Waals surface area contributed by atoms with Crippen molar-refractivity contribution >= 4 is 11.9 Å². The molecule has 0 heterocycles. The van der Waals surface area contributed by atoms with Crippen LogP contribution in [0.2, 0.25) is 0 Å². The normalized spacial score (nSPS) is 10.6. The summed E-state index contributed by atoms with van der Waals surface area (Å²) in [6.45, 7) is 4.46. The average molecular weight is 175 g/mol. The molecule has 1 aromatic rings. The van der Waals surface area contributed by atoms with Crippen LogP contribution >= 0.6 is 0 Å². The predicted octanol–water partition coefficient (Wildman–Crippen LogP) is 3.04. The number of benzene rings is 1. The average Bonchev–Trinajstić information content (AvgIpc) is 2.12. The fourth-order valence-electron chi connectivity index (χ4n) is 0.951. The molecule has 0 aromatic heterocycles. The minimum absolute atomic E-state index is 0.354. The second-order valence-corrected chi connectivity index (χ2v) is 2.90. The number of aryl methyl sites for hydroxylation is 2. The second-order valence-electron chi connectivity index (χ2n) is 2.90. The molecule has 3 nitrogen and oxygen atoms in total. The smallest absolute Gasteiger partial charge is 0.0948 e. The molecule has 0 aliphatic rings. The van der Waals surface area contributed by atoms with E-state index in [1.165, 1.54) is 17.3 Å². The number of nitrogens with one attached hydrogen (secondary N) is 1. The van der Waals surface area contributed by atoms with Gasteiger partial charge < -0.3 is 5.41 Å². The van der Waals surface area contributed by atoms with Gasteiger partial charge in [-0.2, -0.15) is 10.2 Å². The summed E-state index contributed by atoms with van der Waals surface area (Å²) in [6.07, 6.45) is 1.23. The van der Waals surface area contributed by atoms with Crippen LogP contribution < -0.4 is 0 Å². The Labute approximate surface area is 78.0 Å². The maximum absolute atomic E-state index is 6.77. The number of hydrogen-bond donors (Lipinski definition) is 1. The van der Waals surface area contributed by atoms with Crippen molar-refractivity contribution in [3.05, 3.63) is 29.3 Å². The molecule has 0 radical (unpaired) electrons. The van der Waals surface area contributed by atoms with Gasteiger partial charge in [0.25, 0.3) is 0 Å². The van der Waals surface area contributed by atoms with Gasteiger partial charge in [0.05, 0.1) is 12.2 Å². The lowest BCUT2D eigenvalue weighted by Crippen LogP contribution is -1.79. The van der Waals surface area contributed by atoms with Crippen molar-refractivity contribution < 1.29 is 0 Å². The maximum atomic E-state index is 6.77. The molecule has 0 atom stereocenters. The molecule has 0 spiro atoms. The molecule has 0 bridgehead atoms. The highest BCUT2D eigenvalue weighted by Gasteiger charge is 1.93. The molecule has 1 rings (SSSR count). The summed E-state index contributed by atoms with van der Waals surface area (Å²) in [5, 5.41) is 14.6. The first-order valence-corrected chi connectivity index (χ1v) is 4.17. The molecule has 0 aliphatic carbocycles. The Balaban J connectivity index is 2.79. The first-order chi connectivity index (χ1) is 6.24. The van der Waals surface area contributed by atoms with Gasteiger partial charge >= 0.3 is 0 Å². The third-order valence-corrected chi connectivity index (χ3v) is 1.85. The third-order valence-electron chi connectivity index (χ3n) is 1.85. The molecular weight excluding hydrogens is 162 g/mol. The van der Waals surface area contributed by atoms with Crippen molar-refractivity contribution in [2.75, 3.05) is 6.54 Å². The Morgan fingerprint density at radius 1 is 1.31 bits per heavy atom. The summed E-state index contributed by atoms with van der Waals surface area (Å²) in [5.41, 5.74) is 3.32. The number of nitrogens with zero attached hydrogens (tertiary/aromatic N) is 2. The first-order valence-electron chi connectivity index (χ1n) is 4.17. The fraction of sp³-hybridized carbons (Fsp3) is 0.300. The van der Waals surface area contributed by atoms with Crippen LogP contribution in [-0.4, -0.2) is 12.8 Å². The number of rotatable bonds is 3. The van der Waals surface area contributed by atoms with Crippen molar-refractivity contribution in [3.8, 4) is 0 Å². The number of hydrogen-bond acceptors (Lipinski definition) is 3. The van der Waals surface area contributed by atoms with Gasteiger partial charge in [-0.3, -0.25) is 0 Å². The lowest BCUT2D eigenvalue weighted by Gasteiger charge is -1.98. The first kappa shape index (κ1) is 9.58. The Morgan fingerprint density at radius 2 is 2.08 bits per heavy atom. The molecule has 0 amide bonds. The predicted molar refractivity (Wildman–Crippen MR) is 54.1 cm³/mol. The van der Waals surface area contributed by atoms with Crippen LogP contribution in [0, 0.1) is 19.3 Å². The van der Waals surface area contributed by atoms with E-state index < -0.39 is 0 Å². The Bertz CT molecular complexity index is 329. The SMILES string of the molecule is Cc1ccc(N=NCC=N)cc1C. The molecule has 0 saturated heterocycles. The van der Waals surface area contributed by atoms with Gasteiger partial charge in [-0.05, 0) is 37.1 Å². The summed E-state index contributed by atoms with van der Waals surface area (Å²) in [4.78, 5) is 0. The molecule has 1 aromatic carbocycles. The van der Waals surface area contributed by atoms with Crippen molar-refractivity contribution in [3.63, 3.8) is 0 Å². The molecule has 0 saturated carbocycles. The summed E-state index contributed by atoms with van der Waals surface area (Å²) < 4.78 is 0. The molecule has 0 fully saturated rings. The monoisotopic (exact) mass is 175 g/mol. The van der Waals surface area contributed by atoms with E-state index in [4.69, 9.17) is 5.41 Å². The van der Waals surface area contributed by atoms with E-state index in [2.05, 4.69) is 17.2 Å². The van der Waals surface area contributed by atoms with Gasteiger partial charge in [0.2, 0.25) is 0 Å². The minimum Gasteiger partial charge on any atom is -0.311 e. The van der Waals surface area contributed by atoms with E-state index in [0.717, 1.165) is 5.69 Å². The zero-order valence-electron chi connectivity index (χ0n) is 7.91. The molecule has 1 N–H and O–H groups in total. The van der Waals surface area contributed by atoms with Gasteiger partial charge in [0.1, 0.15) is 0 Å². The number of azo groups is 1. The van der Waals surface area contributed by atoms with Crippen molar-refractivity contribution in [2.45, 2.75) is 13.8 Å². The topological polar surface area (TPSA) is 48.6 Å². The van der Waals surface area contributed by atoms with Crippen molar-refractivity contribution in [1.29, 1.82) is 5.41 Å². The van der Waals surface area contributed by atoms with E-state index >= 15 is 0 Å². The van der Waals surface area contributed by atoms with Gasteiger partial charge in [-0.1, -0.05) is 6.07 Å². The fourth-order valence-corrected chi connectivity index (χ4v) is 0.951. The van der Waals surface area contributed by atoms with Crippen LogP contribution in [0.15, 0.2) is 28.4 Å². The lowest BCUT2D eigenvalue weighted by atomic mass is 10.1. The molecular formula is C10H13N3. The van der Waals surface area contributed by atoms with Gasteiger partial charge in [0.15, 0.2) is 0 Å². The lowest BCUT2D eigenvalue weighted by molar-refractivity contribution is 1.10. The quantitative estimate of drug-likeness (QED) is 0.542. The largest absolute Gasteiger partial charge is 0.311 e. The Hall–Kier alpha value is -1.51. The van der Waals surface area contributed by atoms with Gasteiger partial charge in [-0.25, -0.2) is 0 Å². The van der Waals surface area contributed by atoms with Crippen molar-refractivity contribution in [1.82, 2.24) is 0 Å². The molecule has 0 aliphatic heterocycles. The van der Waals surface area contributed by atoms with Crippen molar-refractivity contribution in [2.24, 2.45) is 10.2 Å². The zero-order valence-corrected chi connectivity index (χ0v) is 7.91. The van der Waals surface area contributed by atoms with Gasteiger partial charge in [-0.15, -0.1) is 0 Å². The third kappa shape index (κ3) is 2.78. The van der Waals surface area contributed by atoms with Crippen LogP contribution in [-0.2, 0) is 0 Å². The highest BCUT2D eigenvalue weighted by atomic mass is 15.1. The highest BCUT2D eigenvalue weighted by molar-refractivity contribution is 5.55. The Kier molecular flexibility index (Phi) is 3.31. The zero-order chi connectivity index (χ0) is 9.68. The molecule has 0 unspecified atom stereocenters. The van der Waals surface area contributed by atoms with E-state index in [9.17, 15) is 0 Å². The molecule has 3 heteroatoms. The van der Waals surface area contributed by atoms with Crippen LogP contribution in [0.4, 0.5) is 5.69 Å².